The van der Waals surface area contributed by atoms with Crippen LogP contribution in [0.2, 0.25) is 0 Å². The van der Waals surface area contributed by atoms with Gasteiger partial charge in [0.25, 0.3) is 0 Å². The van der Waals surface area contributed by atoms with E-state index in [0.29, 0.717) is 11.2 Å². The van der Waals surface area contributed by atoms with E-state index >= 15 is 0 Å². The first-order chi connectivity index (χ1) is 14.3. The highest BCUT2D eigenvalue weighted by atomic mass is 32.2. The Morgan fingerprint density at radius 1 is 1.23 bits per heavy atom. The lowest BCUT2D eigenvalue weighted by atomic mass is 9.97. The molecule has 1 aliphatic heterocycles. The number of anilines is 1. The van der Waals surface area contributed by atoms with Crippen molar-refractivity contribution < 1.29 is 22.0 Å². The number of carbonyl (C=O) groups excluding carboxylic acids is 1. The minimum absolute atomic E-state index is 0.0504. The number of sulfonamides is 1. The van der Waals surface area contributed by atoms with Crippen LogP contribution < -0.4 is 5.32 Å². The molecule has 1 fully saturated rings. The van der Waals surface area contributed by atoms with Crippen LogP contribution in [0.25, 0.3) is 0 Å². The quantitative estimate of drug-likeness (QED) is 0.611. The van der Waals surface area contributed by atoms with Gasteiger partial charge >= 0.3 is 0 Å². The summed E-state index contributed by atoms with van der Waals surface area (Å²) in [5, 5.41) is 12.1. The first-order valence-corrected chi connectivity index (χ1v) is 12.2. The lowest BCUT2D eigenvalue weighted by Crippen LogP contribution is -2.41. The van der Waals surface area contributed by atoms with Crippen LogP contribution >= 0.6 is 11.3 Å². The molecule has 1 amide bonds. The number of hydrogen-bond donors (Lipinski definition) is 1. The van der Waals surface area contributed by atoms with Gasteiger partial charge in [0, 0.05) is 25.4 Å². The third kappa shape index (κ3) is 5.38. The van der Waals surface area contributed by atoms with Crippen LogP contribution in [0.3, 0.4) is 0 Å². The van der Waals surface area contributed by atoms with Crippen molar-refractivity contribution in [2.45, 2.75) is 50.3 Å². The maximum Gasteiger partial charge on any atom is 0.246 e. The number of aryl methyl sites for hydroxylation is 1. The largest absolute Gasteiger partial charge is 0.300 e. The Morgan fingerprint density at radius 2 is 1.97 bits per heavy atom. The highest BCUT2D eigenvalue weighted by molar-refractivity contribution is 7.89. The Labute approximate surface area is 178 Å². The van der Waals surface area contributed by atoms with Gasteiger partial charge in [0.05, 0.1) is 0 Å². The summed E-state index contributed by atoms with van der Waals surface area (Å²) in [5.74, 6) is -2.45. The van der Waals surface area contributed by atoms with E-state index in [2.05, 4.69) is 22.4 Å². The molecule has 1 N–H and O–H groups in total. The summed E-state index contributed by atoms with van der Waals surface area (Å²) < 4.78 is 53.7. The Balaban J connectivity index is 1.56. The molecule has 0 radical (unpaired) electrons. The predicted molar refractivity (Wildman–Crippen MR) is 110 cm³/mol. The van der Waals surface area contributed by atoms with Gasteiger partial charge in [0.2, 0.25) is 21.1 Å². The lowest BCUT2D eigenvalue weighted by molar-refractivity contribution is -0.120. The molecule has 2 aromatic rings. The van der Waals surface area contributed by atoms with Crippen molar-refractivity contribution in [2.24, 2.45) is 5.92 Å². The molecule has 0 bridgehead atoms. The summed E-state index contributed by atoms with van der Waals surface area (Å²) in [4.78, 5) is 11.8. The Hall–Kier alpha value is -1.98. The van der Waals surface area contributed by atoms with E-state index in [1.807, 2.05) is 0 Å². The molecule has 30 heavy (non-hydrogen) atoms. The zero-order chi connectivity index (χ0) is 21.7. The van der Waals surface area contributed by atoms with Crippen molar-refractivity contribution >= 4 is 32.4 Å². The molecule has 2 heterocycles. The van der Waals surface area contributed by atoms with E-state index in [1.165, 1.54) is 11.3 Å². The molecule has 0 aliphatic carbocycles. The fraction of sp³-hybridized carbons (Fsp3) is 0.526. The van der Waals surface area contributed by atoms with E-state index in [4.69, 9.17) is 0 Å². The number of piperidine rings is 1. The second kappa shape index (κ2) is 9.88. The molecule has 164 valence electrons. The Kier molecular flexibility index (Phi) is 7.48. The monoisotopic (exact) mass is 458 g/mol. The number of hydrogen-bond acceptors (Lipinski definition) is 6. The number of rotatable bonds is 8. The molecule has 11 heteroatoms. The topological polar surface area (TPSA) is 92.3 Å². The third-order valence-corrected chi connectivity index (χ3v) is 7.84. The summed E-state index contributed by atoms with van der Waals surface area (Å²) in [6.45, 7) is 2.22. The molecule has 0 atom stereocenters. The second-order valence-corrected chi connectivity index (χ2v) is 10.2. The third-order valence-electron chi connectivity index (χ3n) is 5.03. The lowest BCUT2D eigenvalue weighted by Gasteiger charge is -2.30. The summed E-state index contributed by atoms with van der Waals surface area (Å²) in [7, 11) is -4.16. The van der Waals surface area contributed by atoms with Crippen molar-refractivity contribution in [1.82, 2.24) is 14.5 Å². The zero-order valence-corrected chi connectivity index (χ0v) is 18.2. The van der Waals surface area contributed by atoms with Gasteiger partial charge in [-0.25, -0.2) is 17.2 Å². The second-order valence-electron chi connectivity index (χ2n) is 7.20. The van der Waals surface area contributed by atoms with Crippen LogP contribution in [0, 0.1) is 17.6 Å². The Morgan fingerprint density at radius 3 is 2.67 bits per heavy atom. The SMILES string of the molecule is CCCCCc1nnc(NC(=O)C2CCN(S(=O)(=O)c3cc(F)ccc3F)CC2)s1. The molecule has 7 nitrogen and oxygen atoms in total. The predicted octanol–water partition coefficient (Wildman–Crippen LogP) is 3.59. The van der Waals surface area contributed by atoms with Gasteiger partial charge in [-0.1, -0.05) is 31.1 Å². The van der Waals surface area contributed by atoms with Crippen LogP contribution in [0.5, 0.6) is 0 Å². The van der Waals surface area contributed by atoms with Gasteiger partial charge in [0.1, 0.15) is 21.5 Å². The fourth-order valence-corrected chi connectivity index (χ4v) is 5.64. The number of amides is 1. The van der Waals surface area contributed by atoms with E-state index in [0.717, 1.165) is 47.1 Å². The van der Waals surface area contributed by atoms with Gasteiger partial charge in [-0.05, 0) is 37.5 Å². The van der Waals surface area contributed by atoms with E-state index in [1.54, 1.807) is 0 Å². The summed E-state index contributed by atoms with van der Waals surface area (Å²) >= 11 is 1.34. The van der Waals surface area contributed by atoms with Crippen molar-refractivity contribution in [1.29, 1.82) is 0 Å². The maximum absolute atomic E-state index is 13.9. The van der Waals surface area contributed by atoms with Crippen molar-refractivity contribution in [2.75, 3.05) is 18.4 Å². The van der Waals surface area contributed by atoms with Gasteiger partial charge < -0.3 is 5.32 Å². The molecule has 1 aliphatic rings. The number of benzene rings is 1. The first kappa shape index (κ1) is 22.7. The molecule has 1 aromatic heterocycles. The molecular formula is C19H24F2N4O3S2. The van der Waals surface area contributed by atoms with Crippen LogP contribution in [0.15, 0.2) is 23.1 Å². The average Bonchev–Trinajstić information content (AvgIpc) is 3.17. The minimum Gasteiger partial charge on any atom is -0.300 e. The van der Waals surface area contributed by atoms with E-state index < -0.39 is 26.6 Å². The van der Waals surface area contributed by atoms with Gasteiger partial charge in [-0.15, -0.1) is 10.2 Å². The zero-order valence-electron chi connectivity index (χ0n) is 16.6. The number of nitrogens with one attached hydrogen (secondary N) is 1. The van der Waals surface area contributed by atoms with Crippen LogP contribution in [0.4, 0.5) is 13.9 Å². The number of carbonyl (C=O) groups is 1. The van der Waals surface area contributed by atoms with Crippen molar-refractivity contribution in [3.05, 3.63) is 34.8 Å². The average molecular weight is 459 g/mol. The van der Waals surface area contributed by atoms with Gasteiger partial charge in [-0.3, -0.25) is 4.79 Å². The highest BCUT2D eigenvalue weighted by Gasteiger charge is 2.34. The standard InChI is InChI=1S/C19H24F2N4O3S2/c1-2-3-4-5-17-23-24-19(29-17)22-18(26)13-8-10-25(11-9-13)30(27,28)16-12-14(20)6-7-15(16)21/h6-7,12-13H,2-5,8-11H2,1H3,(H,22,24,26). The van der Waals surface area contributed by atoms with E-state index in [9.17, 15) is 22.0 Å². The molecule has 1 aromatic carbocycles. The van der Waals surface area contributed by atoms with Crippen molar-refractivity contribution in [3.63, 3.8) is 0 Å². The van der Waals surface area contributed by atoms with Crippen LogP contribution in [-0.4, -0.2) is 41.9 Å². The first-order valence-electron chi connectivity index (χ1n) is 9.89. The summed E-state index contributed by atoms with van der Waals surface area (Å²) in [6.07, 6.45) is 4.64. The van der Waals surface area contributed by atoms with Crippen LogP contribution in [-0.2, 0) is 21.2 Å². The normalized spacial score (nSPS) is 16.0. The number of nitrogens with zero attached hydrogens (tertiary/aromatic N) is 3. The van der Waals surface area contributed by atoms with Crippen molar-refractivity contribution in [3.8, 4) is 0 Å². The smallest absolute Gasteiger partial charge is 0.246 e. The number of aromatic nitrogens is 2. The molecule has 0 unspecified atom stereocenters. The number of halogens is 2. The minimum atomic E-state index is -4.16. The van der Waals surface area contributed by atoms with Gasteiger partial charge in [-0.2, -0.15) is 4.31 Å². The summed E-state index contributed by atoms with van der Waals surface area (Å²) in [5.41, 5.74) is 0. The number of unbranched alkanes of at least 4 members (excludes halogenated alkanes) is 2. The molecule has 0 saturated carbocycles. The fourth-order valence-electron chi connectivity index (χ4n) is 3.31. The molecule has 1 saturated heterocycles. The Bertz CT molecular complexity index is 989. The molecule has 0 spiro atoms. The summed E-state index contributed by atoms with van der Waals surface area (Å²) in [6, 6.07) is 2.34. The van der Waals surface area contributed by atoms with Crippen LogP contribution in [0.1, 0.15) is 44.0 Å². The van der Waals surface area contributed by atoms with E-state index in [-0.39, 0.29) is 37.8 Å². The maximum atomic E-state index is 13.9. The highest BCUT2D eigenvalue weighted by Crippen LogP contribution is 2.27. The molecule has 3 rings (SSSR count). The molecular weight excluding hydrogens is 434 g/mol. The van der Waals surface area contributed by atoms with Gasteiger partial charge in [0.15, 0.2) is 0 Å².